The molecular weight excluding hydrogens is 150 g/mol. The third-order valence-electron chi connectivity index (χ3n) is 1.86. The first-order valence-electron chi connectivity index (χ1n) is 3.73. The average molecular weight is 157 g/mol. The first-order valence-corrected chi connectivity index (χ1v) is 3.73. The molecule has 0 atom stereocenters. The van der Waals surface area contributed by atoms with Crippen molar-refractivity contribution in [3.63, 3.8) is 0 Å². The van der Waals surface area contributed by atoms with Crippen LogP contribution in [0.4, 0.5) is 5.69 Å². The van der Waals surface area contributed by atoms with Crippen LogP contribution in [-0.4, -0.2) is 0 Å². The zero-order chi connectivity index (χ0) is 8.39. The van der Waals surface area contributed by atoms with Crippen molar-refractivity contribution in [3.8, 4) is 0 Å². The summed E-state index contributed by atoms with van der Waals surface area (Å²) in [6, 6.07) is 13.2. The molecule has 0 aliphatic rings. The molecule has 0 aliphatic carbocycles. The number of rotatable bonds is 1. The van der Waals surface area contributed by atoms with Gasteiger partial charge in [-0.15, -0.1) is 4.91 Å². The molecule has 2 heteroatoms. The van der Waals surface area contributed by atoms with E-state index in [2.05, 4.69) is 5.18 Å². The van der Waals surface area contributed by atoms with E-state index < -0.39 is 0 Å². The minimum atomic E-state index is 0.508. The highest BCUT2D eigenvalue weighted by molar-refractivity contribution is 5.92. The van der Waals surface area contributed by atoms with Crippen LogP contribution >= 0.6 is 0 Å². The van der Waals surface area contributed by atoms with E-state index in [0.29, 0.717) is 5.69 Å². The molecular formula is C10H7NO. The van der Waals surface area contributed by atoms with E-state index in [1.807, 2.05) is 36.4 Å². The van der Waals surface area contributed by atoms with E-state index in [1.54, 1.807) is 6.07 Å². The number of nitrogens with zero attached hydrogens (tertiary/aromatic N) is 1. The van der Waals surface area contributed by atoms with Gasteiger partial charge in [0.15, 0.2) is 0 Å². The molecule has 0 N–H and O–H groups in total. The molecule has 0 radical (unpaired) electrons. The number of hydrogen-bond acceptors (Lipinski definition) is 2. The fourth-order valence-electron chi connectivity index (χ4n) is 1.29. The van der Waals surface area contributed by atoms with Crippen molar-refractivity contribution in [2.75, 3.05) is 0 Å². The van der Waals surface area contributed by atoms with Crippen LogP contribution in [0, 0.1) is 4.91 Å². The molecule has 0 bridgehead atoms. The van der Waals surface area contributed by atoms with Crippen molar-refractivity contribution in [1.29, 1.82) is 0 Å². The normalized spacial score (nSPS) is 10.0. The lowest BCUT2D eigenvalue weighted by molar-refractivity contribution is 1.54. The van der Waals surface area contributed by atoms with Crippen LogP contribution in [0.1, 0.15) is 0 Å². The Kier molecular flexibility index (Phi) is 1.59. The largest absolute Gasteiger partial charge is 0.145 e. The topological polar surface area (TPSA) is 29.4 Å². The fourth-order valence-corrected chi connectivity index (χ4v) is 1.29. The molecule has 12 heavy (non-hydrogen) atoms. The SMILES string of the molecule is O=Nc1cccc2ccccc12. The van der Waals surface area contributed by atoms with E-state index in [4.69, 9.17) is 0 Å². The van der Waals surface area contributed by atoms with E-state index >= 15 is 0 Å². The number of hydrogen-bond donors (Lipinski definition) is 0. The molecule has 0 spiro atoms. The lowest BCUT2D eigenvalue weighted by atomic mass is 10.1. The molecule has 0 amide bonds. The molecule has 0 heterocycles. The summed E-state index contributed by atoms with van der Waals surface area (Å²) >= 11 is 0. The average Bonchev–Trinajstić information content (AvgIpc) is 2.17. The predicted octanol–water partition coefficient (Wildman–Crippen LogP) is 3.24. The highest BCUT2D eigenvalue weighted by Crippen LogP contribution is 2.24. The van der Waals surface area contributed by atoms with Crippen LogP contribution in [0.5, 0.6) is 0 Å². The van der Waals surface area contributed by atoms with Gasteiger partial charge in [-0.3, -0.25) is 0 Å². The van der Waals surface area contributed by atoms with E-state index in [9.17, 15) is 4.91 Å². The lowest BCUT2D eigenvalue weighted by Crippen LogP contribution is -1.70. The maximum absolute atomic E-state index is 10.4. The molecule has 2 aromatic rings. The third-order valence-corrected chi connectivity index (χ3v) is 1.86. The molecule has 2 aromatic carbocycles. The summed E-state index contributed by atoms with van der Waals surface area (Å²) in [5.41, 5.74) is 0.508. The van der Waals surface area contributed by atoms with Gasteiger partial charge in [-0.2, -0.15) is 0 Å². The van der Waals surface area contributed by atoms with Gasteiger partial charge in [-0.25, -0.2) is 0 Å². The minimum absolute atomic E-state index is 0.508. The maximum Gasteiger partial charge on any atom is 0.115 e. The number of benzene rings is 2. The molecule has 0 saturated carbocycles. The molecule has 2 rings (SSSR count). The first kappa shape index (κ1) is 6.98. The summed E-state index contributed by atoms with van der Waals surface area (Å²) in [4.78, 5) is 10.4. The Morgan fingerprint density at radius 3 is 2.50 bits per heavy atom. The van der Waals surface area contributed by atoms with E-state index in [0.717, 1.165) is 10.8 Å². The Morgan fingerprint density at radius 1 is 0.917 bits per heavy atom. The van der Waals surface area contributed by atoms with Crippen molar-refractivity contribution >= 4 is 16.5 Å². The Bertz CT molecular complexity index is 418. The van der Waals surface area contributed by atoms with Crippen molar-refractivity contribution in [2.24, 2.45) is 5.18 Å². The van der Waals surface area contributed by atoms with Crippen LogP contribution in [0.15, 0.2) is 47.6 Å². The summed E-state index contributed by atoms with van der Waals surface area (Å²) in [5, 5.41) is 4.91. The molecule has 0 aromatic heterocycles. The molecule has 0 unspecified atom stereocenters. The van der Waals surface area contributed by atoms with Crippen LogP contribution < -0.4 is 0 Å². The summed E-state index contributed by atoms with van der Waals surface area (Å²) in [6.07, 6.45) is 0. The maximum atomic E-state index is 10.4. The monoisotopic (exact) mass is 157 g/mol. The second kappa shape index (κ2) is 2.74. The van der Waals surface area contributed by atoms with Gasteiger partial charge < -0.3 is 0 Å². The summed E-state index contributed by atoms with van der Waals surface area (Å²) in [6.45, 7) is 0. The van der Waals surface area contributed by atoms with Crippen molar-refractivity contribution in [1.82, 2.24) is 0 Å². The lowest BCUT2D eigenvalue weighted by Gasteiger charge is -1.96. The standard InChI is InChI=1S/C10H7NO/c12-11-10-7-3-5-8-4-1-2-6-9(8)10/h1-7H. The van der Waals surface area contributed by atoms with Crippen LogP contribution in [0.2, 0.25) is 0 Å². The van der Waals surface area contributed by atoms with Gasteiger partial charge in [-0.05, 0) is 16.6 Å². The molecule has 0 aliphatic heterocycles. The zero-order valence-corrected chi connectivity index (χ0v) is 6.40. The zero-order valence-electron chi connectivity index (χ0n) is 6.40. The highest BCUT2D eigenvalue weighted by Gasteiger charge is 1.97. The molecule has 0 saturated heterocycles. The Labute approximate surface area is 69.8 Å². The van der Waals surface area contributed by atoms with Crippen LogP contribution in [0.3, 0.4) is 0 Å². The predicted molar refractivity (Wildman–Crippen MR) is 49.4 cm³/mol. The second-order valence-electron chi connectivity index (χ2n) is 2.59. The summed E-state index contributed by atoms with van der Waals surface area (Å²) < 4.78 is 0. The van der Waals surface area contributed by atoms with E-state index in [1.165, 1.54) is 0 Å². The van der Waals surface area contributed by atoms with Gasteiger partial charge in [0.25, 0.3) is 0 Å². The van der Waals surface area contributed by atoms with Crippen molar-refractivity contribution in [3.05, 3.63) is 47.4 Å². The van der Waals surface area contributed by atoms with Gasteiger partial charge in [0.05, 0.1) is 0 Å². The number of fused-ring (bicyclic) bond motifs is 1. The van der Waals surface area contributed by atoms with Gasteiger partial charge in [-0.1, -0.05) is 36.4 Å². The third kappa shape index (κ3) is 0.975. The molecule has 0 fully saturated rings. The quantitative estimate of drug-likeness (QED) is 0.584. The Balaban J connectivity index is 2.88. The van der Waals surface area contributed by atoms with Gasteiger partial charge in [0, 0.05) is 5.39 Å². The van der Waals surface area contributed by atoms with Crippen molar-refractivity contribution in [2.45, 2.75) is 0 Å². The fraction of sp³-hybridized carbons (Fsp3) is 0. The van der Waals surface area contributed by atoms with E-state index in [-0.39, 0.29) is 0 Å². The first-order chi connectivity index (χ1) is 5.92. The Hall–Kier alpha value is -1.70. The molecule has 58 valence electrons. The van der Waals surface area contributed by atoms with Crippen molar-refractivity contribution < 1.29 is 0 Å². The molecule has 2 nitrogen and oxygen atoms in total. The van der Waals surface area contributed by atoms with Crippen LogP contribution in [0.25, 0.3) is 10.8 Å². The number of nitroso groups, excluding NO2 is 1. The van der Waals surface area contributed by atoms with Gasteiger partial charge in [0.2, 0.25) is 0 Å². The second-order valence-corrected chi connectivity index (χ2v) is 2.59. The van der Waals surface area contributed by atoms with Gasteiger partial charge in [0.1, 0.15) is 5.69 Å². The summed E-state index contributed by atoms with van der Waals surface area (Å²) in [5.74, 6) is 0. The Morgan fingerprint density at radius 2 is 1.67 bits per heavy atom. The smallest absolute Gasteiger partial charge is 0.115 e. The summed E-state index contributed by atoms with van der Waals surface area (Å²) in [7, 11) is 0. The minimum Gasteiger partial charge on any atom is -0.145 e. The van der Waals surface area contributed by atoms with Gasteiger partial charge >= 0.3 is 0 Å². The van der Waals surface area contributed by atoms with Crippen LogP contribution in [-0.2, 0) is 0 Å². The highest BCUT2D eigenvalue weighted by atomic mass is 16.3.